The lowest BCUT2D eigenvalue weighted by molar-refractivity contribution is 0.415. The summed E-state index contributed by atoms with van der Waals surface area (Å²) in [6.45, 7) is 2.02. The molecule has 1 aromatic rings. The first-order valence-electron chi connectivity index (χ1n) is 4.82. The van der Waals surface area contributed by atoms with Gasteiger partial charge in [0.1, 0.15) is 5.75 Å². The van der Waals surface area contributed by atoms with Crippen LogP contribution in [0.4, 0.5) is 5.69 Å². The maximum atomic E-state index is 5.13. The molecule has 0 bridgehead atoms. The van der Waals surface area contributed by atoms with Gasteiger partial charge in [0.15, 0.2) is 0 Å². The minimum absolute atomic E-state index is 0.899. The molecular formula is C11H15Br2NO. The molecule has 0 spiro atoms. The van der Waals surface area contributed by atoms with Crippen molar-refractivity contribution in [2.75, 3.05) is 35.8 Å². The molecule has 84 valence electrons. The van der Waals surface area contributed by atoms with Crippen LogP contribution in [0.15, 0.2) is 24.3 Å². The maximum absolute atomic E-state index is 5.13. The van der Waals surface area contributed by atoms with Crippen LogP contribution in [-0.4, -0.2) is 30.9 Å². The lowest BCUT2D eigenvalue weighted by Gasteiger charge is -2.23. The topological polar surface area (TPSA) is 12.5 Å². The van der Waals surface area contributed by atoms with Gasteiger partial charge in [0.2, 0.25) is 0 Å². The number of alkyl halides is 2. The highest BCUT2D eigenvalue weighted by Crippen LogP contribution is 2.19. The molecule has 0 aromatic heterocycles. The summed E-state index contributed by atoms with van der Waals surface area (Å²) in [4.78, 5) is 2.32. The molecule has 1 aromatic carbocycles. The molecule has 0 saturated carbocycles. The van der Waals surface area contributed by atoms with Gasteiger partial charge in [-0.2, -0.15) is 0 Å². The van der Waals surface area contributed by atoms with Gasteiger partial charge in [-0.25, -0.2) is 0 Å². The normalized spacial score (nSPS) is 10.1. The largest absolute Gasteiger partial charge is 0.497 e. The van der Waals surface area contributed by atoms with Gasteiger partial charge < -0.3 is 9.64 Å². The number of hydrogen-bond donors (Lipinski definition) is 0. The van der Waals surface area contributed by atoms with Crippen molar-refractivity contribution < 1.29 is 4.74 Å². The van der Waals surface area contributed by atoms with Crippen LogP contribution in [0.2, 0.25) is 0 Å². The molecule has 4 heteroatoms. The summed E-state index contributed by atoms with van der Waals surface area (Å²) in [6, 6.07) is 8.16. The highest BCUT2D eigenvalue weighted by atomic mass is 79.9. The van der Waals surface area contributed by atoms with Crippen LogP contribution >= 0.6 is 31.9 Å². The molecule has 0 aliphatic carbocycles. The van der Waals surface area contributed by atoms with Crippen LogP contribution in [-0.2, 0) is 0 Å². The molecule has 0 fully saturated rings. The molecule has 15 heavy (non-hydrogen) atoms. The van der Waals surface area contributed by atoms with Crippen LogP contribution in [0.3, 0.4) is 0 Å². The third-order valence-electron chi connectivity index (χ3n) is 2.15. The van der Waals surface area contributed by atoms with Crippen molar-refractivity contribution in [1.29, 1.82) is 0 Å². The van der Waals surface area contributed by atoms with Crippen molar-refractivity contribution in [3.05, 3.63) is 24.3 Å². The standard InChI is InChI=1S/C11H15Br2NO/c1-15-11-4-2-10(3-5-11)14(8-6-12)9-7-13/h2-5H,6-9H2,1H3. The Hall–Kier alpha value is -0.220. The van der Waals surface area contributed by atoms with Crippen molar-refractivity contribution in [3.63, 3.8) is 0 Å². The average molecular weight is 337 g/mol. The van der Waals surface area contributed by atoms with Gasteiger partial charge in [-0.15, -0.1) is 0 Å². The Morgan fingerprint density at radius 3 is 2.00 bits per heavy atom. The first-order valence-corrected chi connectivity index (χ1v) is 7.07. The zero-order valence-corrected chi connectivity index (χ0v) is 11.9. The number of nitrogens with zero attached hydrogens (tertiary/aromatic N) is 1. The fourth-order valence-electron chi connectivity index (χ4n) is 1.37. The summed E-state index contributed by atoms with van der Waals surface area (Å²) in [5.41, 5.74) is 1.23. The average Bonchev–Trinajstić information content (AvgIpc) is 2.29. The first-order chi connectivity index (χ1) is 7.31. The van der Waals surface area contributed by atoms with Gasteiger partial charge in [0, 0.05) is 29.4 Å². The van der Waals surface area contributed by atoms with E-state index in [1.807, 2.05) is 12.1 Å². The van der Waals surface area contributed by atoms with Crippen molar-refractivity contribution in [2.24, 2.45) is 0 Å². The Balaban J connectivity index is 2.72. The number of ether oxygens (including phenoxy) is 1. The molecule has 0 aliphatic heterocycles. The van der Waals surface area contributed by atoms with Crippen molar-refractivity contribution in [2.45, 2.75) is 0 Å². The van der Waals surface area contributed by atoms with Gasteiger partial charge in [-0.05, 0) is 24.3 Å². The second-order valence-corrected chi connectivity index (χ2v) is 4.65. The summed E-state index contributed by atoms with van der Waals surface area (Å²) < 4.78 is 5.13. The van der Waals surface area contributed by atoms with Crippen molar-refractivity contribution in [3.8, 4) is 5.75 Å². The van der Waals surface area contributed by atoms with Gasteiger partial charge in [-0.1, -0.05) is 31.9 Å². The molecule has 0 saturated heterocycles. The fourth-order valence-corrected chi connectivity index (χ4v) is 2.22. The van der Waals surface area contributed by atoms with Gasteiger partial charge in [-0.3, -0.25) is 0 Å². The van der Waals surface area contributed by atoms with E-state index in [0.29, 0.717) is 0 Å². The Morgan fingerprint density at radius 2 is 1.60 bits per heavy atom. The van der Waals surface area contributed by atoms with E-state index in [0.717, 1.165) is 29.5 Å². The highest BCUT2D eigenvalue weighted by Gasteiger charge is 2.04. The summed E-state index contributed by atoms with van der Waals surface area (Å²) in [7, 11) is 1.68. The predicted molar refractivity (Wildman–Crippen MR) is 72.8 cm³/mol. The summed E-state index contributed by atoms with van der Waals surface area (Å²) >= 11 is 6.93. The van der Waals surface area contributed by atoms with Crippen LogP contribution in [0.25, 0.3) is 0 Å². The van der Waals surface area contributed by atoms with Crippen LogP contribution in [0.1, 0.15) is 0 Å². The Kier molecular flexibility index (Phi) is 6.10. The van der Waals surface area contributed by atoms with Crippen LogP contribution in [0, 0.1) is 0 Å². The smallest absolute Gasteiger partial charge is 0.119 e. The lowest BCUT2D eigenvalue weighted by Crippen LogP contribution is -2.27. The molecule has 0 N–H and O–H groups in total. The number of rotatable bonds is 6. The summed E-state index contributed by atoms with van der Waals surface area (Å²) in [5, 5.41) is 1.96. The number of benzene rings is 1. The van der Waals surface area contributed by atoms with Crippen molar-refractivity contribution >= 4 is 37.5 Å². The molecule has 0 aliphatic rings. The molecule has 0 amide bonds. The van der Waals surface area contributed by atoms with E-state index in [9.17, 15) is 0 Å². The third-order valence-corrected chi connectivity index (χ3v) is 2.86. The molecule has 0 radical (unpaired) electrons. The molecular weight excluding hydrogens is 322 g/mol. The highest BCUT2D eigenvalue weighted by molar-refractivity contribution is 9.09. The number of halogens is 2. The first kappa shape index (κ1) is 12.8. The van der Waals surface area contributed by atoms with Gasteiger partial charge in [0.25, 0.3) is 0 Å². The van der Waals surface area contributed by atoms with E-state index in [1.165, 1.54) is 5.69 Å². The Labute approximate surface area is 108 Å². The van der Waals surface area contributed by atoms with E-state index >= 15 is 0 Å². The SMILES string of the molecule is COc1ccc(N(CCBr)CCBr)cc1. The summed E-state index contributed by atoms with van der Waals surface area (Å²) in [6.07, 6.45) is 0. The van der Waals surface area contributed by atoms with E-state index in [1.54, 1.807) is 7.11 Å². The second kappa shape index (κ2) is 7.12. The Bertz CT molecular complexity index is 270. The minimum atomic E-state index is 0.899. The van der Waals surface area contributed by atoms with E-state index < -0.39 is 0 Å². The predicted octanol–water partition coefficient (Wildman–Crippen LogP) is 3.29. The molecule has 0 heterocycles. The van der Waals surface area contributed by atoms with Gasteiger partial charge in [0.05, 0.1) is 7.11 Å². The van der Waals surface area contributed by atoms with Crippen LogP contribution in [0.5, 0.6) is 5.75 Å². The van der Waals surface area contributed by atoms with E-state index in [4.69, 9.17) is 4.74 Å². The van der Waals surface area contributed by atoms with Crippen LogP contribution < -0.4 is 9.64 Å². The molecule has 0 unspecified atom stereocenters. The second-order valence-electron chi connectivity index (χ2n) is 3.06. The quantitative estimate of drug-likeness (QED) is 0.739. The monoisotopic (exact) mass is 335 g/mol. The van der Waals surface area contributed by atoms with Gasteiger partial charge >= 0.3 is 0 Å². The molecule has 0 atom stereocenters. The maximum Gasteiger partial charge on any atom is 0.119 e. The van der Waals surface area contributed by atoms with E-state index in [-0.39, 0.29) is 0 Å². The number of hydrogen-bond acceptors (Lipinski definition) is 2. The summed E-state index contributed by atoms with van der Waals surface area (Å²) in [5.74, 6) is 0.899. The number of anilines is 1. The zero-order chi connectivity index (χ0) is 11.1. The molecule has 2 nitrogen and oxygen atoms in total. The van der Waals surface area contributed by atoms with Crippen molar-refractivity contribution in [1.82, 2.24) is 0 Å². The minimum Gasteiger partial charge on any atom is -0.497 e. The van der Waals surface area contributed by atoms with E-state index in [2.05, 4.69) is 48.9 Å². The lowest BCUT2D eigenvalue weighted by atomic mass is 10.2. The fraction of sp³-hybridized carbons (Fsp3) is 0.455. The number of methoxy groups -OCH3 is 1. The molecule has 1 rings (SSSR count). The zero-order valence-electron chi connectivity index (χ0n) is 8.75. The third kappa shape index (κ3) is 4.03. The Morgan fingerprint density at radius 1 is 1.07 bits per heavy atom.